The van der Waals surface area contributed by atoms with Crippen LogP contribution in [0.25, 0.3) is 17.0 Å². The van der Waals surface area contributed by atoms with E-state index in [-0.39, 0.29) is 6.29 Å². The van der Waals surface area contributed by atoms with Gasteiger partial charge in [-0.05, 0) is 56.6 Å². The number of fused-ring (bicyclic) bond motifs is 3. The number of ether oxygens (including phenoxy) is 2. The molecule has 3 nitrogen and oxygen atoms in total. The van der Waals surface area contributed by atoms with Gasteiger partial charge < -0.3 is 13.9 Å². The molecule has 0 bridgehead atoms. The van der Waals surface area contributed by atoms with E-state index >= 15 is 0 Å². The van der Waals surface area contributed by atoms with Crippen LogP contribution in [0.15, 0.2) is 28.7 Å². The van der Waals surface area contributed by atoms with Crippen LogP contribution in [0.2, 0.25) is 0 Å². The van der Waals surface area contributed by atoms with Gasteiger partial charge in [0.1, 0.15) is 11.3 Å². The molecular weight excluding hydrogens is 288 g/mol. The number of allylic oxidation sites excluding steroid dienone is 1. The predicted octanol–water partition coefficient (Wildman–Crippen LogP) is 4.87. The number of hydrogen-bond donors (Lipinski definition) is 0. The van der Waals surface area contributed by atoms with Crippen molar-refractivity contribution in [1.29, 1.82) is 0 Å². The maximum atomic E-state index is 6.06. The Morgan fingerprint density at radius 1 is 1.17 bits per heavy atom. The highest BCUT2D eigenvalue weighted by Gasteiger charge is 2.17. The second kappa shape index (κ2) is 6.90. The minimum atomic E-state index is 0.0343. The lowest BCUT2D eigenvalue weighted by atomic mass is 10.0. The summed E-state index contributed by atoms with van der Waals surface area (Å²) in [7, 11) is 0. The van der Waals surface area contributed by atoms with Gasteiger partial charge in [-0.25, -0.2) is 0 Å². The molecule has 2 aromatic rings. The van der Waals surface area contributed by atoms with E-state index in [1.807, 2.05) is 0 Å². The van der Waals surface area contributed by atoms with E-state index in [9.17, 15) is 0 Å². The number of benzene rings is 1. The first-order valence-corrected chi connectivity index (χ1v) is 8.85. The van der Waals surface area contributed by atoms with Crippen LogP contribution in [-0.4, -0.2) is 19.5 Å². The Morgan fingerprint density at radius 2 is 2.17 bits per heavy atom. The van der Waals surface area contributed by atoms with Crippen molar-refractivity contribution >= 4 is 17.0 Å². The standard InChI is InChI=1S/C20H24O3/c1(3-13-21-19-12-2-4-14-22-19)7-15-8-5-10-17-16-9-6-11-18(16)23-20(15)17/h5-6,8,10-11,19H,1-4,7,9,12-14H2. The van der Waals surface area contributed by atoms with Crippen molar-refractivity contribution in [2.24, 2.45) is 0 Å². The van der Waals surface area contributed by atoms with Gasteiger partial charge in [0.2, 0.25) is 0 Å². The molecule has 4 rings (SSSR count). The predicted molar refractivity (Wildman–Crippen MR) is 91.4 cm³/mol. The fourth-order valence-corrected chi connectivity index (χ4v) is 3.55. The van der Waals surface area contributed by atoms with Gasteiger partial charge in [-0.1, -0.05) is 24.3 Å². The number of furan rings is 1. The Labute approximate surface area is 137 Å². The molecule has 1 aromatic heterocycles. The molecule has 1 saturated heterocycles. The van der Waals surface area contributed by atoms with Gasteiger partial charge in [0.05, 0.1) is 0 Å². The van der Waals surface area contributed by atoms with Crippen molar-refractivity contribution in [3.8, 4) is 0 Å². The van der Waals surface area contributed by atoms with E-state index < -0.39 is 0 Å². The van der Waals surface area contributed by atoms with Crippen molar-refractivity contribution in [2.75, 3.05) is 13.2 Å². The molecular formula is C20H24O3. The second-order valence-electron chi connectivity index (χ2n) is 6.47. The number of aryl methyl sites for hydroxylation is 1. The van der Waals surface area contributed by atoms with Crippen LogP contribution in [0.1, 0.15) is 49.0 Å². The quantitative estimate of drug-likeness (QED) is 0.713. The molecule has 3 heteroatoms. The third kappa shape index (κ3) is 3.22. The highest BCUT2D eigenvalue weighted by molar-refractivity contribution is 5.88. The molecule has 1 aromatic carbocycles. The second-order valence-corrected chi connectivity index (χ2v) is 6.47. The summed E-state index contributed by atoms with van der Waals surface area (Å²) < 4.78 is 17.5. The average molecular weight is 312 g/mol. The smallest absolute Gasteiger partial charge is 0.157 e. The minimum absolute atomic E-state index is 0.0343. The Morgan fingerprint density at radius 3 is 3.09 bits per heavy atom. The average Bonchev–Trinajstić information content (AvgIpc) is 3.17. The summed E-state index contributed by atoms with van der Waals surface area (Å²) in [5.41, 5.74) is 3.75. The fourth-order valence-electron chi connectivity index (χ4n) is 3.55. The third-order valence-corrected chi connectivity index (χ3v) is 4.80. The first-order valence-electron chi connectivity index (χ1n) is 8.85. The van der Waals surface area contributed by atoms with Crippen LogP contribution in [0.5, 0.6) is 0 Å². The molecule has 1 fully saturated rings. The van der Waals surface area contributed by atoms with E-state index in [0.29, 0.717) is 0 Å². The van der Waals surface area contributed by atoms with Crippen LogP contribution in [0.3, 0.4) is 0 Å². The van der Waals surface area contributed by atoms with Gasteiger partial charge >= 0.3 is 0 Å². The number of rotatable bonds is 6. The molecule has 1 atom stereocenters. The first kappa shape index (κ1) is 15.0. The van der Waals surface area contributed by atoms with Crippen LogP contribution in [-0.2, 0) is 22.3 Å². The number of unbranched alkanes of at least 4 members (excludes halogenated alkanes) is 1. The summed E-state index contributed by atoms with van der Waals surface area (Å²) in [4.78, 5) is 0. The Bertz CT molecular complexity index is 692. The molecule has 0 amide bonds. The van der Waals surface area contributed by atoms with Gasteiger partial charge in [-0.15, -0.1) is 0 Å². The Hall–Kier alpha value is -1.58. The monoisotopic (exact) mass is 312 g/mol. The van der Waals surface area contributed by atoms with Crippen molar-refractivity contribution in [3.05, 3.63) is 41.2 Å². The molecule has 1 aliphatic heterocycles. The lowest BCUT2D eigenvalue weighted by Crippen LogP contribution is -2.22. The van der Waals surface area contributed by atoms with Crippen molar-refractivity contribution in [3.63, 3.8) is 0 Å². The zero-order valence-electron chi connectivity index (χ0n) is 13.6. The maximum absolute atomic E-state index is 6.06. The van der Waals surface area contributed by atoms with Gasteiger partial charge in [-0.2, -0.15) is 0 Å². The van der Waals surface area contributed by atoms with Crippen LogP contribution >= 0.6 is 0 Å². The van der Waals surface area contributed by atoms with E-state index in [4.69, 9.17) is 13.9 Å². The maximum Gasteiger partial charge on any atom is 0.157 e. The number of hydrogen-bond acceptors (Lipinski definition) is 3. The van der Waals surface area contributed by atoms with Gasteiger partial charge in [-0.3, -0.25) is 0 Å². The summed E-state index contributed by atoms with van der Waals surface area (Å²) in [5, 5.41) is 1.29. The SMILES string of the molecule is C1=Cc2oc3c(CCCCOC4CCCCO4)cccc3c2C1. The molecule has 0 saturated carbocycles. The highest BCUT2D eigenvalue weighted by Crippen LogP contribution is 2.33. The molecule has 0 radical (unpaired) electrons. The van der Waals surface area contributed by atoms with Crippen molar-refractivity contribution in [1.82, 2.24) is 0 Å². The van der Waals surface area contributed by atoms with Crippen molar-refractivity contribution in [2.45, 2.75) is 51.2 Å². The molecule has 1 aliphatic carbocycles. The van der Waals surface area contributed by atoms with Crippen molar-refractivity contribution < 1.29 is 13.9 Å². The lowest BCUT2D eigenvalue weighted by Gasteiger charge is -2.22. The summed E-state index contributed by atoms with van der Waals surface area (Å²) in [5.74, 6) is 1.05. The summed E-state index contributed by atoms with van der Waals surface area (Å²) in [6.45, 7) is 1.64. The molecule has 2 heterocycles. The normalized spacial score (nSPS) is 20.3. The van der Waals surface area contributed by atoms with E-state index in [2.05, 4.69) is 30.4 Å². The molecule has 0 N–H and O–H groups in total. The van der Waals surface area contributed by atoms with Gasteiger partial charge in [0.15, 0.2) is 6.29 Å². The molecule has 122 valence electrons. The molecule has 1 unspecified atom stereocenters. The summed E-state index contributed by atoms with van der Waals surface area (Å²) in [6, 6.07) is 6.52. The topological polar surface area (TPSA) is 31.6 Å². The first-order chi connectivity index (χ1) is 11.4. The van der Waals surface area contributed by atoms with E-state index in [1.165, 1.54) is 29.4 Å². The van der Waals surface area contributed by atoms with Crippen LogP contribution < -0.4 is 0 Å². The zero-order valence-corrected chi connectivity index (χ0v) is 13.6. The Kier molecular flexibility index (Phi) is 4.49. The largest absolute Gasteiger partial charge is 0.456 e. The lowest BCUT2D eigenvalue weighted by molar-refractivity contribution is -0.162. The number of para-hydroxylation sites is 1. The Balaban J connectivity index is 1.31. The minimum Gasteiger partial charge on any atom is -0.456 e. The molecule has 0 spiro atoms. The van der Waals surface area contributed by atoms with Crippen LogP contribution in [0, 0.1) is 0 Å². The third-order valence-electron chi connectivity index (χ3n) is 4.80. The molecule has 23 heavy (non-hydrogen) atoms. The summed E-state index contributed by atoms with van der Waals surface area (Å²) >= 11 is 0. The van der Waals surface area contributed by atoms with Crippen LogP contribution in [0.4, 0.5) is 0 Å². The fraction of sp³-hybridized carbons (Fsp3) is 0.500. The van der Waals surface area contributed by atoms with E-state index in [0.717, 1.165) is 56.7 Å². The summed E-state index contributed by atoms with van der Waals surface area (Å²) in [6.07, 6.45) is 12.0. The van der Waals surface area contributed by atoms with E-state index in [1.54, 1.807) is 0 Å². The molecule has 2 aliphatic rings. The zero-order chi connectivity index (χ0) is 15.5. The highest BCUT2D eigenvalue weighted by atomic mass is 16.7. The van der Waals surface area contributed by atoms with Gasteiger partial charge in [0.25, 0.3) is 0 Å². The van der Waals surface area contributed by atoms with Gasteiger partial charge in [0, 0.05) is 24.2 Å².